The molecular weight excluding hydrogens is 661 g/mol. The van der Waals surface area contributed by atoms with Crippen LogP contribution in [0.4, 0.5) is 17.1 Å². The Morgan fingerprint density at radius 1 is 0.426 bits per heavy atom. The fourth-order valence-electron chi connectivity index (χ4n) is 7.04. The minimum absolute atomic E-state index is 0.554. The van der Waals surface area contributed by atoms with Crippen molar-refractivity contribution in [1.29, 1.82) is 10.5 Å². The highest BCUT2D eigenvalue weighted by atomic mass is 15.1. The molecule has 0 saturated carbocycles. The van der Waals surface area contributed by atoms with E-state index in [1.165, 1.54) is 10.8 Å². The Kier molecular flexibility index (Phi) is 8.17. The first kappa shape index (κ1) is 32.1. The van der Waals surface area contributed by atoms with Gasteiger partial charge < -0.3 is 9.47 Å². The second kappa shape index (κ2) is 13.7. The Bertz CT molecular complexity index is 2750. The average molecular weight is 691 g/mol. The molecule has 9 rings (SSSR count). The molecule has 252 valence electrons. The summed E-state index contributed by atoms with van der Waals surface area (Å²) in [5, 5.41) is 21.0. The van der Waals surface area contributed by atoms with Crippen molar-refractivity contribution in [2.45, 2.75) is 0 Å². The number of anilines is 3. The summed E-state index contributed by atoms with van der Waals surface area (Å²) in [6.45, 7) is 0. The molecule has 0 spiro atoms. The Balaban J connectivity index is 1.14. The van der Waals surface area contributed by atoms with Gasteiger partial charge in [-0.25, -0.2) is 9.97 Å². The van der Waals surface area contributed by atoms with Crippen LogP contribution in [0.3, 0.4) is 0 Å². The lowest BCUT2D eigenvalue weighted by molar-refractivity contribution is 1.17. The van der Waals surface area contributed by atoms with E-state index in [0.29, 0.717) is 17.0 Å². The molecule has 0 amide bonds. The Hall–Kier alpha value is -7.80. The van der Waals surface area contributed by atoms with Crippen LogP contribution in [0.15, 0.2) is 182 Å². The smallest absolute Gasteiger partial charge is 0.160 e. The van der Waals surface area contributed by atoms with Crippen LogP contribution in [0.5, 0.6) is 0 Å². The van der Waals surface area contributed by atoms with E-state index in [1.807, 2.05) is 42.5 Å². The number of hydrogen-bond acceptors (Lipinski definition) is 5. The van der Waals surface area contributed by atoms with Crippen molar-refractivity contribution in [2.75, 3.05) is 4.90 Å². The lowest BCUT2D eigenvalue weighted by atomic mass is 10.0. The second-order valence-corrected chi connectivity index (χ2v) is 12.9. The van der Waals surface area contributed by atoms with Crippen LogP contribution in [0.25, 0.3) is 61.4 Å². The lowest BCUT2D eigenvalue weighted by Gasteiger charge is -2.25. The van der Waals surface area contributed by atoms with Crippen LogP contribution >= 0.6 is 0 Å². The van der Waals surface area contributed by atoms with E-state index in [-0.39, 0.29) is 0 Å². The minimum Gasteiger partial charge on any atom is -0.310 e. The number of para-hydroxylation sites is 3. The maximum Gasteiger partial charge on any atom is 0.160 e. The van der Waals surface area contributed by atoms with Crippen molar-refractivity contribution in [3.63, 3.8) is 0 Å². The van der Waals surface area contributed by atoms with Crippen LogP contribution in [0.2, 0.25) is 0 Å². The highest BCUT2D eigenvalue weighted by molar-refractivity contribution is 6.10. The normalized spacial score (nSPS) is 10.9. The van der Waals surface area contributed by atoms with Crippen molar-refractivity contribution < 1.29 is 0 Å². The average Bonchev–Trinajstić information content (AvgIpc) is 3.58. The third-order valence-electron chi connectivity index (χ3n) is 9.67. The molecule has 0 bridgehead atoms. The first-order chi connectivity index (χ1) is 26.7. The number of nitrogens with zero attached hydrogens (tertiary/aromatic N) is 6. The summed E-state index contributed by atoms with van der Waals surface area (Å²) < 4.78 is 2.32. The van der Waals surface area contributed by atoms with E-state index in [2.05, 4.69) is 137 Å². The molecule has 2 aromatic heterocycles. The molecule has 0 radical (unpaired) electrons. The van der Waals surface area contributed by atoms with Gasteiger partial charge in [-0.2, -0.15) is 10.5 Å². The maximum absolute atomic E-state index is 9.35. The van der Waals surface area contributed by atoms with Crippen molar-refractivity contribution in [3.8, 4) is 51.7 Å². The molecule has 0 aliphatic rings. The zero-order valence-corrected chi connectivity index (χ0v) is 29.0. The first-order valence-electron chi connectivity index (χ1n) is 17.6. The van der Waals surface area contributed by atoms with Gasteiger partial charge in [-0.15, -0.1) is 0 Å². The summed E-state index contributed by atoms with van der Waals surface area (Å²) >= 11 is 0. The molecule has 6 nitrogen and oxygen atoms in total. The highest BCUT2D eigenvalue weighted by Crippen LogP contribution is 2.40. The number of hydrogen-bond donors (Lipinski definition) is 0. The third-order valence-corrected chi connectivity index (χ3v) is 9.67. The zero-order chi connectivity index (χ0) is 36.4. The van der Waals surface area contributed by atoms with Crippen LogP contribution in [0.1, 0.15) is 11.1 Å². The van der Waals surface area contributed by atoms with Crippen molar-refractivity contribution in [2.24, 2.45) is 0 Å². The van der Waals surface area contributed by atoms with Crippen molar-refractivity contribution in [3.05, 3.63) is 193 Å². The molecule has 6 heteroatoms. The van der Waals surface area contributed by atoms with Gasteiger partial charge in [0.1, 0.15) is 0 Å². The fraction of sp³-hybridized carbons (Fsp3) is 0. The summed E-state index contributed by atoms with van der Waals surface area (Å²) in [5.74, 6) is 0.554. The molecule has 0 saturated heterocycles. The van der Waals surface area contributed by atoms with Gasteiger partial charge in [0.15, 0.2) is 5.82 Å². The summed E-state index contributed by atoms with van der Waals surface area (Å²) in [6, 6.07) is 65.7. The largest absolute Gasteiger partial charge is 0.310 e. The van der Waals surface area contributed by atoms with E-state index in [4.69, 9.17) is 9.97 Å². The van der Waals surface area contributed by atoms with Gasteiger partial charge >= 0.3 is 0 Å². The fourth-order valence-corrected chi connectivity index (χ4v) is 7.04. The SMILES string of the molecule is N#Cc1ccc(-c2cc(-c3ccc(-n4c5ccccc5c5cc(N(c6ccccc6)c6ccccc6)ccc54)cc3)nc(-c3ccc(C#N)cc3)n2)cc1. The molecule has 9 aromatic rings. The van der Waals surface area contributed by atoms with Crippen molar-refractivity contribution in [1.82, 2.24) is 14.5 Å². The minimum atomic E-state index is 0.554. The van der Waals surface area contributed by atoms with Gasteiger partial charge in [0.25, 0.3) is 0 Å². The second-order valence-electron chi connectivity index (χ2n) is 12.9. The standard InChI is InChI=1S/C48H30N6/c49-31-33-15-19-35(20-16-33)44-30-45(52-48(51-44)37-21-17-34(32-50)18-22-37)36-23-25-40(26-24-36)54-46-14-8-7-13-42(46)43-29-41(27-28-47(43)54)53(38-9-3-1-4-10-38)39-11-5-2-6-12-39/h1-30H. The first-order valence-corrected chi connectivity index (χ1v) is 17.6. The van der Waals surface area contributed by atoms with E-state index in [9.17, 15) is 10.5 Å². The molecule has 0 aliphatic carbocycles. The van der Waals surface area contributed by atoms with Gasteiger partial charge in [-0.05, 0) is 103 Å². The quantitative estimate of drug-likeness (QED) is 0.166. The molecule has 0 N–H and O–H groups in total. The lowest BCUT2D eigenvalue weighted by Crippen LogP contribution is -2.09. The summed E-state index contributed by atoms with van der Waals surface area (Å²) in [5.41, 5.74) is 11.8. The molecule has 0 fully saturated rings. The van der Waals surface area contributed by atoms with E-state index < -0.39 is 0 Å². The van der Waals surface area contributed by atoms with Crippen LogP contribution < -0.4 is 4.90 Å². The molecule has 0 unspecified atom stereocenters. The molecule has 0 atom stereocenters. The number of fused-ring (bicyclic) bond motifs is 3. The van der Waals surface area contributed by atoms with Crippen molar-refractivity contribution >= 4 is 38.9 Å². The summed E-state index contributed by atoms with van der Waals surface area (Å²) in [6.07, 6.45) is 0. The number of nitriles is 2. The van der Waals surface area contributed by atoms with Gasteiger partial charge in [0, 0.05) is 50.2 Å². The van der Waals surface area contributed by atoms with Crippen LogP contribution in [0, 0.1) is 22.7 Å². The Morgan fingerprint density at radius 2 is 0.926 bits per heavy atom. The van der Waals surface area contributed by atoms with E-state index in [0.717, 1.165) is 61.9 Å². The Morgan fingerprint density at radius 3 is 1.50 bits per heavy atom. The summed E-state index contributed by atoms with van der Waals surface area (Å²) in [7, 11) is 0. The van der Waals surface area contributed by atoms with Gasteiger partial charge in [0.2, 0.25) is 0 Å². The number of aromatic nitrogens is 3. The Labute approximate surface area is 312 Å². The zero-order valence-electron chi connectivity index (χ0n) is 29.0. The van der Waals surface area contributed by atoms with Crippen LogP contribution in [-0.2, 0) is 0 Å². The third kappa shape index (κ3) is 5.90. The number of benzene rings is 7. The van der Waals surface area contributed by atoms with E-state index >= 15 is 0 Å². The number of rotatable bonds is 7. The van der Waals surface area contributed by atoms with Crippen LogP contribution in [-0.4, -0.2) is 14.5 Å². The summed E-state index contributed by atoms with van der Waals surface area (Å²) in [4.78, 5) is 12.2. The molecular formula is C48H30N6. The predicted molar refractivity (Wildman–Crippen MR) is 217 cm³/mol. The predicted octanol–water partition coefficient (Wildman–Crippen LogP) is 11.8. The topological polar surface area (TPSA) is 81.5 Å². The maximum atomic E-state index is 9.35. The highest BCUT2D eigenvalue weighted by Gasteiger charge is 2.18. The molecule has 54 heavy (non-hydrogen) atoms. The molecule has 2 heterocycles. The van der Waals surface area contributed by atoms with Gasteiger partial charge in [-0.1, -0.05) is 78.9 Å². The van der Waals surface area contributed by atoms with Gasteiger partial charge in [0.05, 0.1) is 45.7 Å². The molecule has 7 aromatic carbocycles. The molecule has 0 aliphatic heterocycles. The van der Waals surface area contributed by atoms with Gasteiger partial charge in [-0.3, -0.25) is 0 Å². The monoisotopic (exact) mass is 690 g/mol. The van der Waals surface area contributed by atoms with E-state index in [1.54, 1.807) is 24.3 Å².